The molecular formula is C53H90O5. The molecule has 0 rings (SSSR count). The highest BCUT2D eigenvalue weighted by Crippen LogP contribution is 2.13. The normalized spacial score (nSPS) is 12.9. The molecule has 0 N–H and O–H groups in total. The third-order valence-electron chi connectivity index (χ3n) is 9.93. The molecule has 0 spiro atoms. The molecule has 0 aromatic carbocycles. The summed E-state index contributed by atoms with van der Waals surface area (Å²) in [6, 6.07) is 0. The number of allylic oxidation sites excluding steroid dienone is 14. The van der Waals surface area contributed by atoms with Crippen LogP contribution in [-0.2, 0) is 23.8 Å². The number of unbranched alkanes of at least 4 members (excludes halogenated alkanes) is 18. The monoisotopic (exact) mass is 807 g/mol. The van der Waals surface area contributed by atoms with Crippen LogP contribution in [0.5, 0.6) is 0 Å². The minimum Gasteiger partial charge on any atom is -0.462 e. The molecule has 0 aliphatic rings. The van der Waals surface area contributed by atoms with E-state index in [1.54, 1.807) is 0 Å². The quantitative estimate of drug-likeness (QED) is 0.0349. The summed E-state index contributed by atoms with van der Waals surface area (Å²) in [6.07, 6.45) is 63.1. The fraction of sp³-hybridized carbons (Fsp3) is 0.698. The van der Waals surface area contributed by atoms with Crippen LogP contribution in [0.25, 0.3) is 0 Å². The summed E-state index contributed by atoms with van der Waals surface area (Å²) in [5, 5.41) is 0. The molecule has 1 atom stereocenters. The van der Waals surface area contributed by atoms with Crippen LogP contribution >= 0.6 is 0 Å². The lowest BCUT2D eigenvalue weighted by Gasteiger charge is -2.18. The van der Waals surface area contributed by atoms with Crippen molar-refractivity contribution < 1.29 is 23.8 Å². The number of rotatable bonds is 43. The molecule has 0 radical (unpaired) electrons. The van der Waals surface area contributed by atoms with Crippen LogP contribution < -0.4 is 0 Å². The average Bonchev–Trinajstić information content (AvgIpc) is 3.22. The van der Waals surface area contributed by atoms with E-state index in [4.69, 9.17) is 14.2 Å². The summed E-state index contributed by atoms with van der Waals surface area (Å²) in [5.74, 6) is -0.430. The van der Waals surface area contributed by atoms with Crippen molar-refractivity contribution in [3.63, 3.8) is 0 Å². The molecule has 5 nitrogen and oxygen atoms in total. The predicted molar refractivity (Wildman–Crippen MR) is 251 cm³/mol. The van der Waals surface area contributed by atoms with Gasteiger partial charge in [-0.05, 0) is 89.9 Å². The van der Waals surface area contributed by atoms with Crippen LogP contribution in [-0.4, -0.2) is 37.9 Å². The molecular weight excluding hydrogens is 717 g/mol. The maximum Gasteiger partial charge on any atom is 0.306 e. The number of carbonyl (C=O) groups is 2. The lowest BCUT2D eigenvalue weighted by molar-refractivity contribution is -0.163. The number of carbonyl (C=O) groups excluding carboxylic acids is 2. The molecule has 0 fully saturated rings. The zero-order chi connectivity index (χ0) is 42.1. The van der Waals surface area contributed by atoms with Gasteiger partial charge in [0.1, 0.15) is 6.61 Å². The van der Waals surface area contributed by atoms with E-state index in [0.717, 1.165) is 109 Å². The summed E-state index contributed by atoms with van der Waals surface area (Å²) >= 11 is 0. The van der Waals surface area contributed by atoms with E-state index in [1.165, 1.54) is 70.6 Å². The topological polar surface area (TPSA) is 61.8 Å². The van der Waals surface area contributed by atoms with Gasteiger partial charge >= 0.3 is 11.9 Å². The van der Waals surface area contributed by atoms with E-state index in [2.05, 4.69) is 106 Å². The van der Waals surface area contributed by atoms with Gasteiger partial charge < -0.3 is 14.2 Å². The van der Waals surface area contributed by atoms with Gasteiger partial charge in [0.2, 0.25) is 0 Å². The Kier molecular flexibility index (Phi) is 46.0. The van der Waals surface area contributed by atoms with Crippen molar-refractivity contribution in [3.05, 3.63) is 85.1 Å². The summed E-state index contributed by atoms with van der Waals surface area (Å²) in [6.45, 7) is 7.54. The van der Waals surface area contributed by atoms with Gasteiger partial charge in [0.05, 0.1) is 6.61 Å². The van der Waals surface area contributed by atoms with Gasteiger partial charge in [-0.2, -0.15) is 0 Å². The molecule has 0 amide bonds. The second-order valence-electron chi connectivity index (χ2n) is 15.6. The van der Waals surface area contributed by atoms with Gasteiger partial charge in [0.25, 0.3) is 0 Å². The lowest BCUT2D eigenvalue weighted by atomic mass is 10.1. The fourth-order valence-electron chi connectivity index (χ4n) is 6.40. The van der Waals surface area contributed by atoms with Crippen molar-refractivity contribution in [1.82, 2.24) is 0 Å². The van der Waals surface area contributed by atoms with Gasteiger partial charge in [0.15, 0.2) is 6.10 Å². The van der Waals surface area contributed by atoms with Crippen molar-refractivity contribution in [3.8, 4) is 0 Å². The highest BCUT2D eigenvalue weighted by Gasteiger charge is 2.17. The molecule has 0 aromatic heterocycles. The predicted octanol–water partition coefficient (Wildman–Crippen LogP) is 16.1. The molecule has 0 bridgehead atoms. The zero-order valence-corrected chi connectivity index (χ0v) is 38.0. The second kappa shape index (κ2) is 48.4. The van der Waals surface area contributed by atoms with Crippen molar-refractivity contribution in [1.29, 1.82) is 0 Å². The first kappa shape index (κ1) is 55.1. The summed E-state index contributed by atoms with van der Waals surface area (Å²) in [7, 11) is 0. The number of hydrogen-bond acceptors (Lipinski definition) is 5. The van der Waals surface area contributed by atoms with Crippen LogP contribution in [0.1, 0.15) is 213 Å². The van der Waals surface area contributed by atoms with E-state index >= 15 is 0 Å². The third kappa shape index (κ3) is 45.8. The lowest BCUT2D eigenvalue weighted by Crippen LogP contribution is -2.30. The first-order valence-corrected chi connectivity index (χ1v) is 24.1. The van der Waals surface area contributed by atoms with Crippen molar-refractivity contribution in [2.45, 2.75) is 219 Å². The van der Waals surface area contributed by atoms with Gasteiger partial charge in [-0.25, -0.2) is 0 Å². The minimum atomic E-state index is -0.547. The second-order valence-corrected chi connectivity index (χ2v) is 15.6. The SMILES string of the molecule is CC/C=C\C/C=C\C/C=C\C/C=C\CCCCCCCCC(=O)OCC(COCCCCCCCC)OC(=O)CCCCCCCCC/C=C\C/C=C\C/C=C\CC. The van der Waals surface area contributed by atoms with Crippen LogP contribution in [0, 0.1) is 0 Å². The molecule has 5 heteroatoms. The molecule has 0 aromatic rings. The standard InChI is InChI=1S/C53H90O5/c1-4-7-10-13-16-18-20-22-24-26-27-29-30-32-34-36-38-40-43-46-52(54)57-50-51(49-56-48-45-42-15-12-9-6-3)58-53(55)47-44-41-39-37-35-33-31-28-25-23-21-19-17-14-11-8-5-2/h7-8,10-11,16-19,22-25,27,29,51H,4-6,9,12-15,20-21,26,28,30-50H2,1-3H3/b10-7-,11-8-,18-16-,19-17-,24-22-,25-23-,29-27-. The highest BCUT2D eigenvalue weighted by atomic mass is 16.6. The van der Waals surface area contributed by atoms with E-state index < -0.39 is 6.10 Å². The van der Waals surface area contributed by atoms with Crippen LogP contribution in [0.3, 0.4) is 0 Å². The molecule has 0 saturated carbocycles. The Morgan fingerprint density at radius 3 is 1.24 bits per heavy atom. The van der Waals surface area contributed by atoms with Crippen molar-refractivity contribution in [2.75, 3.05) is 19.8 Å². The molecule has 58 heavy (non-hydrogen) atoms. The van der Waals surface area contributed by atoms with Gasteiger partial charge in [0, 0.05) is 19.4 Å². The molecule has 0 heterocycles. The van der Waals surface area contributed by atoms with Crippen LogP contribution in [0.15, 0.2) is 85.1 Å². The summed E-state index contributed by atoms with van der Waals surface area (Å²) < 4.78 is 17.2. The Balaban J connectivity index is 4.14. The number of hydrogen-bond donors (Lipinski definition) is 0. The van der Waals surface area contributed by atoms with Crippen molar-refractivity contribution >= 4 is 11.9 Å². The minimum absolute atomic E-state index is 0.0703. The van der Waals surface area contributed by atoms with E-state index in [9.17, 15) is 9.59 Å². The highest BCUT2D eigenvalue weighted by molar-refractivity contribution is 5.70. The number of esters is 2. The summed E-state index contributed by atoms with van der Waals surface area (Å²) in [4.78, 5) is 25.2. The third-order valence-corrected chi connectivity index (χ3v) is 9.93. The van der Waals surface area contributed by atoms with E-state index in [1.807, 2.05) is 0 Å². The Morgan fingerprint density at radius 1 is 0.397 bits per heavy atom. The Labute approximate surface area is 359 Å². The molecule has 0 aliphatic heterocycles. The Hall–Kier alpha value is -2.92. The van der Waals surface area contributed by atoms with Crippen molar-refractivity contribution in [2.24, 2.45) is 0 Å². The fourth-order valence-corrected chi connectivity index (χ4v) is 6.40. The Bertz CT molecular complexity index is 1090. The smallest absolute Gasteiger partial charge is 0.306 e. The zero-order valence-electron chi connectivity index (χ0n) is 38.0. The molecule has 1 unspecified atom stereocenters. The van der Waals surface area contributed by atoms with Crippen LogP contribution in [0.4, 0.5) is 0 Å². The van der Waals surface area contributed by atoms with Gasteiger partial charge in [-0.15, -0.1) is 0 Å². The van der Waals surface area contributed by atoms with E-state index in [-0.39, 0.29) is 25.2 Å². The van der Waals surface area contributed by atoms with Crippen LogP contribution in [0.2, 0.25) is 0 Å². The molecule has 0 aliphatic carbocycles. The first-order chi connectivity index (χ1) is 28.6. The molecule has 332 valence electrons. The van der Waals surface area contributed by atoms with E-state index in [0.29, 0.717) is 19.4 Å². The maximum atomic E-state index is 12.7. The Morgan fingerprint density at radius 2 is 0.776 bits per heavy atom. The van der Waals surface area contributed by atoms with Gasteiger partial charge in [-0.3, -0.25) is 9.59 Å². The first-order valence-electron chi connectivity index (χ1n) is 24.1. The van der Waals surface area contributed by atoms with Gasteiger partial charge in [-0.1, -0.05) is 196 Å². The largest absolute Gasteiger partial charge is 0.462 e. The summed E-state index contributed by atoms with van der Waals surface area (Å²) in [5.41, 5.74) is 0. The number of ether oxygens (including phenoxy) is 3. The molecule has 0 saturated heterocycles. The maximum absolute atomic E-state index is 12.7. The average molecular weight is 807 g/mol.